The van der Waals surface area contributed by atoms with Gasteiger partial charge in [-0.15, -0.1) is 0 Å². The van der Waals surface area contributed by atoms with Crippen LogP contribution in [0.3, 0.4) is 0 Å². The molecule has 2 amide bonds. The molecule has 1 aromatic rings. The van der Waals surface area contributed by atoms with Crippen molar-refractivity contribution in [2.75, 3.05) is 32.8 Å². The summed E-state index contributed by atoms with van der Waals surface area (Å²) >= 11 is 0. The van der Waals surface area contributed by atoms with Gasteiger partial charge >= 0.3 is 0 Å². The fraction of sp³-hybridized carbons (Fsp3) is 0.545. The molecule has 5 heteroatoms. The Morgan fingerprint density at radius 1 is 1.19 bits per heavy atom. The van der Waals surface area contributed by atoms with Gasteiger partial charge in [0.2, 0.25) is 11.8 Å². The molecule has 0 aliphatic carbocycles. The van der Waals surface area contributed by atoms with Crippen molar-refractivity contribution in [2.45, 2.75) is 44.6 Å². The van der Waals surface area contributed by atoms with Crippen LogP contribution in [0.5, 0.6) is 0 Å². The van der Waals surface area contributed by atoms with E-state index in [4.69, 9.17) is 4.74 Å². The summed E-state index contributed by atoms with van der Waals surface area (Å²) < 4.78 is 5.73. The molecule has 2 heterocycles. The molecular weight excluding hydrogens is 340 g/mol. The van der Waals surface area contributed by atoms with Crippen LogP contribution in [0.2, 0.25) is 0 Å². The van der Waals surface area contributed by atoms with Gasteiger partial charge in [0.25, 0.3) is 0 Å². The second kappa shape index (κ2) is 10.3. The second-order valence-electron chi connectivity index (χ2n) is 7.37. The molecule has 1 aromatic carbocycles. The summed E-state index contributed by atoms with van der Waals surface area (Å²) in [5, 5.41) is 0. The van der Waals surface area contributed by atoms with E-state index in [1.165, 1.54) is 0 Å². The molecule has 0 radical (unpaired) electrons. The Morgan fingerprint density at radius 2 is 2.04 bits per heavy atom. The van der Waals surface area contributed by atoms with Crippen molar-refractivity contribution in [3.63, 3.8) is 0 Å². The molecule has 2 aliphatic heterocycles. The Hall–Kier alpha value is -2.14. The minimum Gasteiger partial charge on any atom is -0.376 e. The smallest absolute Gasteiger partial charge is 0.242 e. The quantitative estimate of drug-likeness (QED) is 0.741. The van der Waals surface area contributed by atoms with Gasteiger partial charge in [-0.3, -0.25) is 9.59 Å². The lowest BCUT2D eigenvalue weighted by Crippen LogP contribution is -2.45. The molecule has 0 aromatic heterocycles. The van der Waals surface area contributed by atoms with Crippen LogP contribution in [0.1, 0.15) is 44.1 Å². The van der Waals surface area contributed by atoms with Crippen molar-refractivity contribution in [1.29, 1.82) is 0 Å². The lowest BCUT2D eigenvalue weighted by molar-refractivity contribution is -0.140. The number of carbonyl (C=O) groups excluding carboxylic acids is 2. The monoisotopic (exact) mass is 370 g/mol. The van der Waals surface area contributed by atoms with Crippen molar-refractivity contribution in [3.8, 4) is 0 Å². The maximum Gasteiger partial charge on any atom is 0.242 e. The Balaban J connectivity index is 1.61. The van der Waals surface area contributed by atoms with Gasteiger partial charge in [0.15, 0.2) is 0 Å². The third kappa shape index (κ3) is 6.21. The Kier molecular flexibility index (Phi) is 7.45. The standard InChI is InChI=1S/C22H30N2O3/c25-21-13-5-2-6-14-24(21)18-22(26)23(17-20-12-8-16-27-20)15-7-11-19-9-3-1-4-10-19/h1,3-4,7,9-11,20H,2,5-6,8,12-18H2/b11-7+. The minimum atomic E-state index is 0.0125. The largest absolute Gasteiger partial charge is 0.376 e. The molecule has 0 saturated carbocycles. The SMILES string of the molecule is O=C1CCCCCN1CC(=O)N(C/C=C/c1ccccc1)CC1CCCO1. The second-order valence-corrected chi connectivity index (χ2v) is 7.37. The van der Waals surface area contributed by atoms with Crippen LogP contribution in [0.15, 0.2) is 36.4 Å². The molecule has 0 spiro atoms. The summed E-state index contributed by atoms with van der Waals surface area (Å²) in [5.74, 6) is 0.121. The number of hydrogen-bond acceptors (Lipinski definition) is 3. The lowest BCUT2D eigenvalue weighted by atomic mass is 10.2. The molecule has 27 heavy (non-hydrogen) atoms. The van der Waals surface area contributed by atoms with Crippen molar-refractivity contribution in [2.24, 2.45) is 0 Å². The first-order valence-electron chi connectivity index (χ1n) is 10.1. The normalized spacial score (nSPS) is 20.8. The van der Waals surface area contributed by atoms with E-state index in [0.717, 1.165) is 44.3 Å². The number of benzene rings is 1. The van der Waals surface area contributed by atoms with Crippen LogP contribution in [0.4, 0.5) is 0 Å². The summed E-state index contributed by atoms with van der Waals surface area (Å²) in [7, 11) is 0. The van der Waals surface area contributed by atoms with Crippen molar-refractivity contribution >= 4 is 17.9 Å². The molecule has 3 rings (SSSR count). The van der Waals surface area contributed by atoms with E-state index in [2.05, 4.69) is 0 Å². The average molecular weight is 370 g/mol. The van der Waals surface area contributed by atoms with Gasteiger partial charge in [-0.25, -0.2) is 0 Å². The summed E-state index contributed by atoms with van der Waals surface area (Å²) in [4.78, 5) is 28.8. The number of nitrogens with zero attached hydrogens (tertiary/aromatic N) is 2. The van der Waals surface area contributed by atoms with Gasteiger partial charge in [-0.1, -0.05) is 48.9 Å². The number of ether oxygens (including phenoxy) is 1. The van der Waals surface area contributed by atoms with Crippen molar-refractivity contribution < 1.29 is 14.3 Å². The number of likely N-dealkylation sites (tertiary alicyclic amines) is 1. The molecule has 1 atom stereocenters. The molecule has 2 fully saturated rings. The van der Waals surface area contributed by atoms with E-state index in [0.29, 0.717) is 26.1 Å². The van der Waals surface area contributed by atoms with Crippen molar-refractivity contribution in [3.05, 3.63) is 42.0 Å². The highest BCUT2D eigenvalue weighted by Gasteiger charge is 2.25. The van der Waals surface area contributed by atoms with Crippen LogP contribution in [0.25, 0.3) is 6.08 Å². The highest BCUT2D eigenvalue weighted by atomic mass is 16.5. The first-order chi connectivity index (χ1) is 13.2. The molecule has 2 aliphatic rings. The first-order valence-corrected chi connectivity index (χ1v) is 10.1. The highest BCUT2D eigenvalue weighted by molar-refractivity contribution is 5.85. The van der Waals surface area contributed by atoms with E-state index >= 15 is 0 Å². The zero-order valence-corrected chi connectivity index (χ0v) is 16.0. The first kappa shape index (κ1) is 19.6. The van der Waals surface area contributed by atoms with E-state index < -0.39 is 0 Å². The van der Waals surface area contributed by atoms with Gasteiger partial charge in [-0.05, 0) is 31.2 Å². The lowest BCUT2D eigenvalue weighted by Gasteiger charge is -2.28. The third-order valence-corrected chi connectivity index (χ3v) is 5.23. The highest BCUT2D eigenvalue weighted by Crippen LogP contribution is 2.15. The zero-order valence-electron chi connectivity index (χ0n) is 16.0. The van der Waals surface area contributed by atoms with E-state index in [-0.39, 0.29) is 24.5 Å². The van der Waals surface area contributed by atoms with E-state index in [9.17, 15) is 9.59 Å². The fourth-order valence-corrected chi connectivity index (χ4v) is 3.66. The minimum absolute atomic E-state index is 0.0125. The van der Waals surface area contributed by atoms with Gasteiger partial charge in [0.05, 0.1) is 12.6 Å². The van der Waals surface area contributed by atoms with Gasteiger partial charge in [0.1, 0.15) is 0 Å². The topological polar surface area (TPSA) is 49.9 Å². The summed E-state index contributed by atoms with van der Waals surface area (Å²) in [6.45, 7) is 2.79. The van der Waals surface area contributed by atoms with E-state index in [1.807, 2.05) is 47.4 Å². The number of amides is 2. The maximum absolute atomic E-state index is 12.9. The summed E-state index contributed by atoms with van der Waals surface area (Å²) in [6, 6.07) is 10.1. The zero-order chi connectivity index (χ0) is 18.9. The van der Waals surface area contributed by atoms with Crippen molar-refractivity contribution in [1.82, 2.24) is 9.80 Å². The van der Waals surface area contributed by atoms with Crippen LogP contribution in [-0.4, -0.2) is 60.5 Å². The van der Waals surface area contributed by atoms with Gasteiger partial charge < -0.3 is 14.5 Å². The predicted molar refractivity (Wildman–Crippen MR) is 106 cm³/mol. The van der Waals surface area contributed by atoms with E-state index in [1.54, 1.807) is 4.90 Å². The average Bonchev–Trinajstić information content (AvgIpc) is 3.11. The molecule has 0 N–H and O–H groups in total. The molecule has 2 saturated heterocycles. The Labute approximate surface area is 162 Å². The molecular formula is C22H30N2O3. The van der Waals surface area contributed by atoms with Gasteiger partial charge in [0, 0.05) is 32.7 Å². The molecule has 0 bridgehead atoms. The Morgan fingerprint density at radius 3 is 2.81 bits per heavy atom. The molecule has 146 valence electrons. The number of carbonyl (C=O) groups is 2. The predicted octanol–water partition coefficient (Wildman–Crippen LogP) is 3.11. The Bertz CT molecular complexity index is 638. The summed E-state index contributed by atoms with van der Waals surface area (Å²) in [6.07, 6.45) is 9.76. The van der Waals surface area contributed by atoms with Crippen LogP contribution in [-0.2, 0) is 14.3 Å². The maximum atomic E-state index is 12.9. The summed E-state index contributed by atoms with van der Waals surface area (Å²) in [5.41, 5.74) is 1.12. The third-order valence-electron chi connectivity index (χ3n) is 5.23. The van der Waals surface area contributed by atoms with Crippen LogP contribution < -0.4 is 0 Å². The van der Waals surface area contributed by atoms with Crippen LogP contribution >= 0.6 is 0 Å². The van der Waals surface area contributed by atoms with Crippen LogP contribution in [0, 0.1) is 0 Å². The molecule has 5 nitrogen and oxygen atoms in total. The fourth-order valence-electron chi connectivity index (χ4n) is 3.66. The van der Waals surface area contributed by atoms with Gasteiger partial charge in [-0.2, -0.15) is 0 Å². The number of hydrogen-bond donors (Lipinski definition) is 0. The molecule has 1 unspecified atom stereocenters. The number of rotatable bonds is 7.